The molecule has 0 aliphatic heterocycles. The fourth-order valence-corrected chi connectivity index (χ4v) is 3.04. The van der Waals surface area contributed by atoms with Gasteiger partial charge in [-0.15, -0.1) is 0 Å². The zero-order chi connectivity index (χ0) is 18.3. The maximum absolute atomic E-state index is 11.6. The second kappa shape index (κ2) is 16.9. The molecule has 0 rings (SSSR count). The predicted molar refractivity (Wildman–Crippen MR) is 104 cm³/mol. The minimum Gasteiger partial charge on any atom is -1.00 e. The molecule has 150 valence electrons. The van der Waals surface area contributed by atoms with Gasteiger partial charge in [0, 0.05) is 5.57 Å². The van der Waals surface area contributed by atoms with Gasteiger partial charge in [0.2, 0.25) is 6.73 Å². The van der Waals surface area contributed by atoms with Crippen molar-refractivity contribution in [3.8, 4) is 0 Å². The first kappa shape index (κ1) is 26.7. The van der Waals surface area contributed by atoms with Gasteiger partial charge in [-0.3, -0.25) is 4.48 Å². The Kier molecular flexibility index (Phi) is 18.0. The highest BCUT2D eigenvalue weighted by molar-refractivity contribution is 5.86. The van der Waals surface area contributed by atoms with Crippen LogP contribution in [0.1, 0.15) is 91.9 Å². The summed E-state index contributed by atoms with van der Waals surface area (Å²) in [6, 6.07) is 0. The maximum atomic E-state index is 11.6. The van der Waals surface area contributed by atoms with Crippen LogP contribution in [-0.4, -0.2) is 36.8 Å². The van der Waals surface area contributed by atoms with E-state index in [1.165, 1.54) is 64.2 Å². The van der Waals surface area contributed by atoms with Crippen LogP contribution in [0.3, 0.4) is 0 Å². The van der Waals surface area contributed by atoms with Crippen molar-refractivity contribution in [3.05, 3.63) is 12.2 Å². The first-order valence-corrected chi connectivity index (χ1v) is 10.2. The second-order valence-electron chi connectivity index (χ2n) is 7.22. The number of hydrogen-bond acceptors (Lipinski definition) is 2. The maximum Gasteiger partial charge on any atom is 0.337 e. The molecule has 0 aromatic carbocycles. The van der Waals surface area contributed by atoms with Gasteiger partial charge in [-0.1, -0.05) is 64.9 Å². The lowest BCUT2D eigenvalue weighted by Crippen LogP contribution is -3.00. The summed E-state index contributed by atoms with van der Waals surface area (Å²) in [6.07, 6.45) is 13.6. The molecule has 0 radical (unpaired) electrons. The summed E-state index contributed by atoms with van der Waals surface area (Å²) in [4.78, 5) is 11.6. The van der Waals surface area contributed by atoms with Crippen LogP contribution in [0.15, 0.2) is 12.2 Å². The number of carbonyl (C=O) groups excluding carboxylic acids is 1. The topological polar surface area (TPSA) is 26.3 Å². The predicted octanol–water partition coefficient (Wildman–Crippen LogP) is 2.84. The Morgan fingerprint density at radius 2 is 1.28 bits per heavy atom. The molecular formula is C21H42ClNO2. The van der Waals surface area contributed by atoms with Crippen molar-refractivity contribution in [2.75, 3.05) is 26.4 Å². The summed E-state index contributed by atoms with van der Waals surface area (Å²) in [5, 5.41) is 0. The lowest BCUT2D eigenvalue weighted by Gasteiger charge is -2.35. The van der Waals surface area contributed by atoms with E-state index in [0.29, 0.717) is 12.3 Å². The van der Waals surface area contributed by atoms with E-state index in [2.05, 4.69) is 27.4 Å². The van der Waals surface area contributed by atoms with Crippen LogP contribution in [0.5, 0.6) is 0 Å². The molecule has 0 unspecified atom stereocenters. The smallest absolute Gasteiger partial charge is 0.337 e. The van der Waals surface area contributed by atoms with Crippen molar-refractivity contribution >= 4 is 5.97 Å². The number of quaternary nitrogens is 1. The first-order chi connectivity index (χ1) is 11.5. The van der Waals surface area contributed by atoms with E-state index in [1.807, 2.05) is 0 Å². The molecule has 0 aromatic rings. The van der Waals surface area contributed by atoms with E-state index < -0.39 is 0 Å². The van der Waals surface area contributed by atoms with E-state index in [1.54, 1.807) is 6.92 Å². The standard InChI is InChI=1S/C21H42NO2.ClH/c1-6-9-10-11-12-13-14-15-16-17-18-22(7-2,8-3)19-24-21(23)20(4)5;/h4,6-19H2,1-3,5H3;1H/q+1;/p-1. The van der Waals surface area contributed by atoms with Crippen LogP contribution in [0.25, 0.3) is 0 Å². The van der Waals surface area contributed by atoms with Crippen LogP contribution in [0.4, 0.5) is 0 Å². The quantitative estimate of drug-likeness (QED) is 0.136. The third kappa shape index (κ3) is 13.3. The van der Waals surface area contributed by atoms with Gasteiger partial charge >= 0.3 is 5.97 Å². The normalized spacial score (nSPS) is 11.0. The Morgan fingerprint density at radius 1 is 0.840 bits per heavy atom. The van der Waals surface area contributed by atoms with E-state index >= 15 is 0 Å². The lowest BCUT2D eigenvalue weighted by molar-refractivity contribution is -0.940. The van der Waals surface area contributed by atoms with Gasteiger partial charge in [0.25, 0.3) is 0 Å². The van der Waals surface area contributed by atoms with Gasteiger partial charge < -0.3 is 17.1 Å². The summed E-state index contributed by atoms with van der Waals surface area (Å²) in [7, 11) is 0. The van der Waals surface area contributed by atoms with Crippen molar-refractivity contribution in [1.82, 2.24) is 0 Å². The average molecular weight is 376 g/mol. The number of nitrogens with zero attached hydrogens (tertiary/aromatic N) is 1. The molecule has 0 aliphatic carbocycles. The van der Waals surface area contributed by atoms with Crippen molar-refractivity contribution in [2.24, 2.45) is 0 Å². The average Bonchev–Trinajstić information content (AvgIpc) is 2.59. The van der Waals surface area contributed by atoms with E-state index in [9.17, 15) is 4.79 Å². The van der Waals surface area contributed by atoms with Crippen molar-refractivity contribution in [2.45, 2.75) is 91.9 Å². The number of esters is 1. The van der Waals surface area contributed by atoms with Gasteiger partial charge in [-0.25, -0.2) is 4.79 Å². The molecule has 0 N–H and O–H groups in total. The fourth-order valence-electron chi connectivity index (χ4n) is 3.04. The summed E-state index contributed by atoms with van der Waals surface area (Å²) in [6.45, 7) is 15.6. The number of hydrogen-bond donors (Lipinski definition) is 0. The highest BCUT2D eigenvalue weighted by atomic mass is 35.5. The molecule has 0 saturated heterocycles. The molecule has 0 spiro atoms. The van der Waals surface area contributed by atoms with Crippen molar-refractivity contribution in [3.63, 3.8) is 0 Å². The van der Waals surface area contributed by atoms with Gasteiger partial charge in [-0.2, -0.15) is 0 Å². The Morgan fingerprint density at radius 3 is 1.68 bits per heavy atom. The minimum absolute atomic E-state index is 0. The van der Waals surface area contributed by atoms with Crippen molar-refractivity contribution in [1.29, 1.82) is 0 Å². The Balaban J connectivity index is 0. The third-order valence-corrected chi connectivity index (χ3v) is 5.15. The minimum atomic E-state index is -0.262. The highest BCUT2D eigenvalue weighted by Gasteiger charge is 2.24. The van der Waals surface area contributed by atoms with Gasteiger partial charge in [-0.05, 0) is 33.6 Å². The van der Waals surface area contributed by atoms with Crippen LogP contribution >= 0.6 is 0 Å². The number of rotatable bonds is 16. The van der Waals surface area contributed by atoms with Crippen LogP contribution in [-0.2, 0) is 9.53 Å². The number of halogens is 1. The Hall–Kier alpha value is -0.540. The third-order valence-electron chi connectivity index (χ3n) is 5.15. The summed E-state index contributed by atoms with van der Waals surface area (Å²) >= 11 is 0. The molecule has 0 amide bonds. The zero-order valence-corrected chi connectivity index (χ0v) is 18.0. The molecule has 0 heterocycles. The van der Waals surface area contributed by atoms with E-state index in [-0.39, 0.29) is 18.4 Å². The van der Waals surface area contributed by atoms with Crippen LogP contribution in [0, 0.1) is 0 Å². The monoisotopic (exact) mass is 375 g/mol. The van der Waals surface area contributed by atoms with E-state index in [4.69, 9.17) is 4.74 Å². The molecule has 0 aromatic heterocycles. The van der Waals surface area contributed by atoms with Gasteiger partial charge in [0.1, 0.15) is 0 Å². The lowest BCUT2D eigenvalue weighted by atomic mass is 10.1. The highest BCUT2D eigenvalue weighted by Crippen LogP contribution is 2.14. The second-order valence-corrected chi connectivity index (χ2v) is 7.22. The molecular weight excluding hydrogens is 334 g/mol. The number of ether oxygens (including phenoxy) is 1. The Bertz CT molecular complexity index is 341. The summed E-state index contributed by atoms with van der Waals surface area (Å²) < 4.78 is 6.30. The number of unbranched alkanes of at least 4 members (excludes halogenated alkanes) is 9. The van der Waals surface area contributed by atoms with Gasteiger partial charge in [0.05, 0.1) is 19.6 Å². The van der Waals surface area contributed by atoms with Crippen molar-refractivity contribution < 1.29 is 26.4 Å². The van der Waals surface area contributed by atoms with Gasteiger partial charge in [0.15, 0.2) is 0 Å². The van der Waals surface area contributed by atoms with E-state index in [0.717, 1.165) is 24.1 Å². The SMILES string of the molecule is C=C(C)C(=O)OC[N+](CC)(CC)CCCCCCCCCCCC.[Cl-]. The molecule has 0 saturated carbocycles. The zero-order valence-electron chi connectivity index (χ0n) is 17.2. The molecule has 0 aliphatic rings. The first-order valence-electron chi connectivity index (χ1n) is 10.2. The Labute approximate surface area is 163 Å². The van der Waals surface area contributed by atoms with Crippen LogP contribution in [0.2, 0.25) is 0 Å². The molecule has 0 atom stereocenters. The molecule has 25 heavy (non-hydrogen) atoms. The fraction of sp³-hybridized carbons (Fsp3) is 0.857. The number of carbonyl (C=O) groups is 1. The molecule has 0 fully saturated rings. The summed E-state index contributed by atoms with van der Waals surface area (Å²) in [5.74, 6) is -0.262. The largest absolute Gasteiger partial charge is 1.00 e. The molecule has 0 bridgehead atoms. The molecule has 3 nitrogen and oxygen atoms in total. The van der Waals surface area contributed by atoms with Crippen LogP contribution < -0.4 is 12.4 Å². The summed E-state index contributed by atoms with van der Waals surface area (Å²) in [5.41, 5.74) is 0.485. The molecule has 4 heteroatoms.